The molecule has 0 saturated heterocycles. The number of rotatable bonds is 4. The Morgan fingerprint density at radius 2 is 1.79 bits per heavy atom. The molecule has 0 amide bonds. The first-order chi connectivity index (χ1) is 11.6. The summed E-state index contributed by atoms with van der Waals surface area (Å²) in [6.07, 6.45) is -0.702. The summed E-state index contributed by atoms with van der Waals surface area (Å²) in [4.78, 5) is 23.5. The topological polar surface area (TPSA) is 65.7 Å². The number of carbonyl (C=O) groups excluding carboxylic acids is 1. The number of benzene rings is 2. The van der Waals surface area contributed by atoms with Crippen LogP contribution in [-0.4, -0.2) is 19.2 Å². The van der Waals surface area contributed by atoms with Crippen molar-refractivity contribution in [3.05, 3.63) is 65.0 Å². The van der Waals surface area contributed by atoms with Crippen molar-refractivity contribution in [3.63, 3.8) is 0 Å². The highest BCUT2D eigenvalue weighted by Gasteiger charge is 2.15. The molecule has 0 aliphatic rings. The third-order valence-electron chi connectivity index (χ3n) is 3.65. The van der Waals surface area contributed by atoms with Gasteiger partial charge in [0.05, 0.1) is 12.7 Å². The van der Waals surface area contributed by atoms with Crippen molar-refractivity contribution in [2.24, 2.45) is 0 Å². The van der Waals surface area contributed by atoms with E-state index in [1.807, 2.05) is 18.2 Å². The quantitative estimate of drug-likeness (QED) is 0.543. The van der Waals surface area contributed by atoms with Gasteiger partial charge in [-0.05, 0) is 36.8 Å². The summed E-state index contributed by atoms with van der Waals surface area (Å²) in [7, 11) is 1.31. The van der Waals surface area contributed by atoms with E-state index in [1.54, 1.807) is 43.3 Å². The van der Waals surface area contributed by atoms with Crippen LogP contribution in [0.15, 0.2) is 63.8 Å². The van der Waals surface area contributed by atoms with Crippen LogP contribution < -0.4 is 10.4 Å². The molecule has 122 valence electrons. The van der Waals surface area contributed by atoms with Crippen LogP contribution in [0.4, 0.5) is 0 Å². The minimum absolute atomic E-state index is 0.398. The molecule has 1 heterocycles. The van der Waals surface area contributed by atoms with Gasteiger partial charge >= 0.3 is 11.6 Å². The number of para-hydroxylation sites is 1. The molecule has 0 bridgehead atoms. The van der Waals surface area contributed by atoms with Gasteiger partial charge in [0.1, 0.15) is 11.3 Å². The average Bonchev–Trinajstić information content (AvgIpc) is 2.61. The van der Waals surface area contributed by atoms with Crippen LogP contribution in [0.2, 0.25) is 0 Å². The molecule has 1 aromatic heterocycles. The maximum Gasteiger partial charge on any atom is 0.346 e. The highest BCUT2D eigenvalue weighted by Crippen LogP contribution is 2.23. The highest BCUT2D eigenvalue weighted by molar-refractivity contribution is 5.81. The van der Waals surface area contributed by atoms with Gasteiger partial charge < -0.3 is 13.9 Å². The molecule has 0 unspecified atom stereocenters. The summed E-state index contributed by atoms with van der Waals surface area (Å²) in [5, 5.41) is 0.853. The molecule has 5 heteroatoms. The molecule has 1 atom stereocenters. The Bertz CT molecular complexity index is 924. The minimum Gasteiger partial charge on any atom is -0.479 e. The molecule has 0 N–H and O–H groups in total. The fraction of sp³-hybridized carbons (Fsp3) is 0.158. The van der Waals surface area contributed by atoms with Gasteiger partial charge in [-0.3, -0.25) is 0 Å². The van der Waals surface area contributed by atoms with E-state index in [2.05, 4.69) is 4.74 Å². The molecule has 0 saturated carbocycles. The summed E-state index contributed by atoms with van der Waals surface area (Å²) in [6, 6.07) is 16.0. The smallest absolute Gasteiger partial charge is 0.346 e. The molecule has 0 spiro atoms. The Hall–Kier alpha value is -3.08. The van der Waals surface area contributed by atoms with E-state index in [1.165, 1.54) is 7.11 Å². The lowest BCUT2D eigenvalue weighted by Crippen LogP contribution is -2.24. The van der Waals surface area contributed by atoms with E-state index in [9.17, 15) is 9.59 Å². The Morgan fingerprint density at radius 1 is 1.08 bits per heavy atom. The fourth-order valence-electron chi connectivity index (χ4n) is 2.39. The van der Waals surface area contributed by atoms with Gasteiger partial charge in [0, 0.05) is 5.39 Å². The van der Waals surface area contributed by atoms with Gasteiger partial charge in [-0.1, -0.05) is 30.3 Å². The summed E-state index contributed by atoms with van der Waals surface area (Å²) >= 11 is 0. The average molecular weight is 324 g/mol. The van der Waals surface area contributed by atoms with Gasteiger partial charge in [0.15, 0.2) is 6.10 Å². The van der Waals surface area contributed by atoms with Crippen molar-refractivity contribution in [2.45, 2.75) is 13.0 Å². The van der Waals surface area contributed by atoms with Crippen molar-refractivity contribution in [3.8, 4) is 16.9 Å². The van der Waals surface area contributed by atoms with E-state index in [0.717, 1.165) is 5.39 Å². The van der Waals surface area contributed by atoms with Crippen LogP contribution in [-0.2, 0) is 9.53 Å². The predicted molar refractivity (Wildman–Crippen MR) is 90.0 cm³/mol. The fourth-order valence-corrected chi connectivity index (χ4v) is 2.39. The highest BCUT2D eigenvalue weighted by atomic mass is 16.6. The Balaban J connectivity index is 1.89. The van der Waals surface area contributed by atoms with E-state index >= 15 is 0 Å². The van der Waals surface area contributed by atoms with Crippen LogP contribution in [0.3, 0.4) is 0 Å². The van der Waals surface area contributed by atoms with Gasteiger partial charge in [0.2, 0.25) is 0 Å². The number of fused-ring (bicyclic) bond motifs is 1. The van der Waals surface area contributed by atoms with Crippen LogP contribution >= 0.6 is 0 Å². The van der Waals surface area contributed by atoms with E-state index < -0.39 is 17.7 Å². The molecule has 24 heavy (non-hydrogen) atoms. The zero-order valence-corrected chi connectivity index (χ0v) is 13.3. The summed E-state index contributed by atoms with van der Waals surface area (Å²) in [6.45, 7) is 1.61. The summed E-state index contributed by atoms with van der Waals surface area (Å²) in [5.74, 6) is 0.0658. The number of ether oxygens (including phenoxy) is 2. The summed E-state index contributed by atoms with van der Waals surface area (Å²) < 4.78 is 15.4. The van der Waals surface area contributed by atoms with Crippen LogP contribution in [0.5, 0.6) is 5.75 Å². The Kier molecular flexibility index (Phi) is 4.33. The molecule has 0 radical (unpaired) electrons. The Morgan fingerprint density at radius 3 is 2.50 bits per heavy atom. The molecular weight excluding hydrogens is 308 g/mol. The number of esters is 1. The molecule has 3 rings (SSSR count). The first-order valence-electron chi connectivity index (χ1n) is 7.46. The lowest BCUT2D eigenvalue weighted by Gasteiger charge is -2.12. The molecule has 0 aliphatic carbocycles. The largest absolute Gasteiger partial charge is 0.479 e. The van der Waals surface area contributed by atoms with E-state index in [4.69, 9.17) is 9.15 Å². The first-order valence-corrected chi connectivity index (χ1v) is 7.46. The van der Waals surface area contributed by atoms with Crippen LogP contribution in [0.25, 0.3) is 22.1 Å². The summed E-state index contributed by atoms with van der Waals surface area (Å²) in [5.41, 5.74) is 1.34. The molecule has 2 aromatic carbocycles. The second kappa shape index (κ2) is 6.58. The minimum atomic E-state index is -0.702. The lowest BCUT2D eigenvalue weighted by molar-refractivity contribution is -0.147. The monoisotopic (exact) mass is 324 g/mol. The second-order valence-electron chi connectivity index (χ2n) is 5.29. The second-order valence-corrected chi connectivity index (χ2v) is 5.29. The van der Waals surface area contributed by atoms with Crippen molar-refractivity contribution in [1.29, 1.82) is 0 Å². The third-order valence-corrected chi connectivity index (χ3v) is 3.65. The normalized spacial score (nSPS) is 11.9. The molecule has 0 fully saturated rings. The van der Waals surface area contributed by atoms with Gasteiger partial charge in [-0.2, -0.15) is 0 Å². The first kappa shape index (κ1) is 15.8. The molecule has 5 nitrogen and oxygen atoms in total. The number of methoxy groups -OCH3 is 1. The van der Waals surface area contributed by atoms with Gasteiger partial charge in [0.25, 0.3) is 0 Å². The molecular formula is C19H16O5. The Labute approximate surface area is 138 Å². The number of hydrogen-bond acceptors (Lipinski definition) is 5. The zero-order valence-electron chi connectivity index (χ0n) is 13.3. The van der Waals surface area contributed by atoms with E-state index in [0.29, 0.717) is 22.5 Å². The SMILES string of the molecule is COC(=O)[C@H](C)Oc1ccc(-c2cc3ccccc3oc2=O)cc1. The number of carbonyl (C=O) groups is 1. The van der Waals surface area contributed by atoms with Gasteiger partial charge in [-0.25, -0.2) is 9.59 Å². The maximum absolute atomic E-state index is 12.2. The van der Waals surface area contributed by atoms with Crippen molar-refractivity contribution >= 4 is 16.9 Å². The standard InChI is InChI=1S/C19H16O5/c1-12(18(20)22-2)23-15-9-7-13(8-10-15)16-11-14-5-3-4-6-17(14)24-19(16)21/h3-12H,1-2H3/t12-/m0/s1. The van der Waals surface area contributed by atoms with Crippen molar-refractivity contribution < 1.29 is 18.7 Å². The lowest BCUT2D eigenvalue weighted by atomic mass is 10.1. The van der Waals surface area contributed by atoms with E-state index in [-0.39, 0.29) is 0 Å². The third kappa shape index (κ3) is 3.15. The predicted octanol–water partition coefficient (Wildman–Crippen LogP) is 3.40. The van der Waals surface area contributed by atoms with Crippen molar-refractivity contribution in [2.75, 3.05) is 7.11 Å². The van der Waals surface area contributed by atoms with Gasteiger partial charge in [-0.15, -0.1) is 0 Å². The molecule has 0 aliphatic heterocycles. The van der Waals surface area contributed by atoms with Crippen LogP contribution in [0.1, 0.15) is 6.92 Å². The number of hydrogen-bond donors (Lipinski definition) is 0. The maximum atomic E-state index is 12.2. The van der Waals surface area contributed by atoms with Crippen molar-refractivity contribution in [1.82, 2.24) is 0 Å². The zero-order chi connectivity index (χ0) is 17.1. The molecule has 3 aromatic rings. The van der Waals surface area contributed by atoms with Crippen LogP contribution in [0, 0.1) is 0 Å².